The molecule has 96 valence electrons. The number of hydrogen-bond acceptors (Lipinski definition) is 3. The minimum Gasteiger partial charge on any atom is -0.390 e. The quantitative estimate of drug-likeness (QED) is 0.889. The van der Waals surface area contributed by atoms with Gasteiger partial charge in [0.25, 0.3) is 0 Å². The Morgan fingerprint density at radius 3 is 2.28 bits per heavy atom. The summed E-state index contributed by atoms with van der Waals surface area (Å²) in [7, 11) is 0. The van der Waals surface area contributed by atoms with Crippen LogP contribution in [0.5, 0.6) is 0 Å². The highest BCUT2D eigenvalue weighted by Crippen LogP contribution is 2.33. The Kier molecular flexibility index (Phi) is 3.90. The summed E-state index contributed by atoms with van der Waals surface area (Å²) in [5.41, 5.74) is 3.27. The largest absolute Gasteiger partial charge is 0.390 e. The summed E-state index contributed by atoms with van der Waals surface area (Å²) in [4.78, 5) is 4.41. The van der Waals surface area contributed by atoms with Gasteiger partial charge in [-0.25, -0.2) is 4.98 Å². The van der Waals surface area contributed by atoms with Gasteiger partial charge in [-0.15, -0.1) is 11.3 Å². The molecule has 0 atom stereocenters. The van der Waals surface area contributed by atoms with Crippen molar-refractivity contribution in [2.24, 2.45) is 0 Å². The zero-order valence-corrected chi connectivity index (χ0v) is 13.1. The Morgan fingerprint density at radius 1 is 1.22 bits per heavy atom. The maximum absolute atomic E-state index is 9.14. The molecule has 2 nitrogen and oxygen atoms in total. The third-order valence-corrected chi connectivity index (χ3v) is 4.68. The van der Waals surface area contributed by atoms with Crippen LogP contribution in [0.2, 0.25) is 0 Å². The number of rotatable bonds is 2. The fourth-order valence-corrected chi connectivity index (χ4v) is 3.15. The van der Waals surface area contributed by atoms with Crippen LogP contribution < -0.4 is 0 Å². The normalized spacial score (nSPS) is 11.8. The highest BCUT2D eigenvalue weighted by atomic mass is 79.9. The van der Waals surface area contributed by atoms with Crippen LogP contribution in [0.25, 0.3) is 10.6 Å². The number of aliphatic hydroxyl groups excluding tert-OH is 1. The fraction of sp³-hybridized carbons (Fsp3) is 0.357. The molecule has 0 amide bonds. The molecule has 1 aromatic heterocycles. The smallest absolute Gasteiger partial charge is 0.124 e. The lowest BCUT2D eigenvalue weighted by molar-refractivity contribution is 0.277. The number of halogens is 1. The summed E-state index contributed by atoms with van der Waals surface area (Å²) in [6, 6.07) is 8.46. The first-order chi connectivity index (χ1) is 8.41. The van der Waals surface area contributed by atoms with Crippen molar-refractivity contribution >= 4 is 27.3 Å². The van der Waals surface area contributed by atoms with E-state index < -0.39 is 0 Å². The van der Waals surface area contributed by atoms with Crippen molar-refractivity contribution in [3.63, 3.8) is 0 Å². The first-order valence-electron chi connectivity index (χ1n) is 5.79. The van der Waals surface area contributed by atoms with E-state index in [9.17, 15) is 0 Å². The molecular weight excluding hydrogens is 310 g/mol. The van der Waals surface area contributed by atoms with Gasteiger partial charge in [-0.2, -0.15) is 0 Å². The van der Waals surface area contributed by atoms with Crippen molar-refractivity contribution in [1.82, 2.24) is 4.98 Å². The Labute approximate surface area is 120 Å². The topological polar surface area (TPSA) is 33.1 Å². The molecule has 18 heavy (non-hydrogen) atoms. The van der Waals surface area contributed by atoms with Crippen molar-refractivity contribution in [3.8, 4) is 10.6 Å². The van der Waals surface area contributed by atoms with Crippen LogP contribution >= 0.6 is 27.3 Å². The zero-order chi connectivity index (χ0) is 13.3. The predicted molar refractivity (Wildman–Crippen MR) is 79.9 cm³/mol. The lowest BCUT2D eigenvalue weighted by Crippen LogP contribution is -2.10. The molecule has 1 N–H and O–H groups in total. The van der Waals surface area contributed by atoms with Gasteiger partial charge < -0.3 is 5.11 Å². The lowest BCUT2D eigenvalue weighted by atomic mass is 9.87. The van der Waals surface area contributed by atoms with Gasteiger partial charge in [0.15, 0.2) is 0 Å². The Bertz CT molecular complexity index is 540. The Morgan fingerprint density at radius 2 is 1.83 bits per heavy atom. The van der Waals surface area contributed by atoms with Gasteiger partial charge in [0.05, 0.1) is 16.1 Å². The molecule has 0 aliphatic heterocycles. The number of aliphatic hydroxyl groups is 1. The van der Waals surface area contributed by atoms with Crippen LogP contribution in [0, 0.1) is 0 Å². The second-order valence-corrected chi connectivity index (χ2v) is 7.54. The van der Waals surface area contributed by atoms with Gasteiger partial charge in [0.1, 0.15) is 5.01 Å². The monoisotopic (exact) mass is 325 g/mol. The van der Waals surface area contributed by atoms with Crippen molar-refractivity contribution in [2.45, 2.75) is 32.8 Å². The predicted octanol–water partition coefficient (Wildman–Crippen LogP) is 4.36. The molecular formula is C14H16BrNOS. The van der Waals surface area contributed by atoms with Gasteiger partial charge >= 0.3 is 0 Å². The number of hydrogen-bond donors (Lipinski definition) is 1. The molecule has 0 fully saturated rings. The fourth-order valence-electron chi connectivity index (χ4n) is 1.67. The maximum Gasteiger partial charge on any atom is 0.124 e. The van der Waals surface area contributed by atoms with E-state index in [-0.39, 0.29) is 12.0 Å². The second kappa shape index (κ2) is 5.11. The van der Waals surface area contributed by atoms with E-state index in [1.165, 1.54) is 5.56 Å². The first kappa shape index (κ1) is 13.7. The Balaban J connectivity index is 2.34. The van der Waals surface area contributed by atoms with Gasteiger partial charge in [0, 0.05) is 5.56 Å². The number of thiazole rings is 1. The standard InChI is InChI=1S/C14H16BrNOS/c1-14(2,3)10-6-4-9(5-7-10)13-16-11(8-17)12(15)18-13/h4-7,17H,8H2,1-3H3. The summed E-state index contributed by atoms with van der Waals surface area (Å²) in [5, 5.41) is 10.1. The molecule has 1 heterocycles. The van der Waals surface area contributed by atoms with Crippen molar-refractivity contribution < 1.29 is 5.11 Å². The maximum atomic E-state index is 9.14. The third kappa shape index (κ3) is 2.82. The molecule has 0 bridgehead atoms. The third-order valence-electron chi connectivity index (χ3n) is 2.80. The summed E-state index contributed by atoms with van der Waals surface area (Å²) in [6.45, 7) is 6.57. The van der Waals surface area contributed by atoms with E-state index in [2.05, 4.69) is 66.0 Å². The second-order valence-electron chi connectivity index (χ2n) is 5.22. The number of nitrogens with zero attached hydrogens (tertiary/aromatic N) is 1. The summed E-state index contributed by atoms with van der Waals surface area (Å²) in [6.07, 6.45) is 0. The summed E-state index contributed by atoms with van der Waals surface area (Å²) in [5.74, 6) is 0. The van der Waals surface area contributed by atoms with Crippen molar-refractivity contribution in [2.75, 3.05) is 0 Å². The SMILES string of the molecule is CC(C)(C)c1ccc(-c2nc(CO)c(Br)s2)cc1. The minimum atomic E-state index is -0.0306. The van der Waals surface area contributed by atoms with Crippen LogP contribution in [0.4, 0.5) is 0 Å². The molecule has 0 radical (unpaired) electrons. The van der Waals surface area contributed by atoms with Crippen LogP contribution in [0.1, 0.15) is 32.0 Å². The average molecular weight is 326 g/mol. The van der Waals surface area contributed by atoms with Crippen molar-refractivity contribution in [1.29, 1.82) is 0 Å². The summed E-state index contributed by atoms with van der Waals surface area (Å²) >= 11 is 4.97. The number of benzene rings is 1. The van der Waals surface area contributed by atoms with E-state index in [0.29, 0.717) is 5.69 Å². The highest BCUT2D eigenvalue weighted by Gasteiger charge is 2.14. The molecule has 0 unspecified atom stereocenters. The zero-order valence-electron chi connectivity index (χ0n) is 10.7. The van der Waals surface area contributed by atoms with E-state index in [1.54, 1.807) is 11.3 Å². The first-order valence-corrected chi connectivity index (χ1v) is 7.40. The molecule has 1 aromatic carbocycles. The molecule has 0 spiro atoms. The van der Waals surface area contributed by atoms with E-state index >= 15 is 0 Å². The Hall–Kier alpha value is -0.710. The van der Waals surface area contributed by atoms with Crippen LogP contribution in [0.15, 0.2) is 28.1 Å². The molecule has 0 aliphatic rings. The van der Waals surface area contributed by atoms with Gasteiger partial charge in [-0.05, 0) is 26.9 Å². The van der Waals surface area contributed by atoms with Crippen LogP contribution in [-0.4, -0.2) is 10.1 Å². The molecule has 0 saturated heterocycles. The van der Waals surface area contributed by atoms with Gasteiger partial charge in [-0.1, -0.05) is 45.0 Å². The molecule has 2 aromatic rings. The average Bonchev–Trinajstić information content (AvgIpc) is 2.69. The van der Waals surface area contributed by atoms with E-state index in [4.69, 9.17) is 5.11 Å². The number of aromatic nitrogens is 1. The van der Waals surface area contributed by atoms with Gasteiger partial charge in [0.2, 0.25) is 0 Å². The van der Waals surface area contributed by atoms with E-state index in [1.807, 2.05) is 0 Å². The molecule has 2 rings (SSSR count). The van der Waals surface area contributed by atoms with Crippen LogP contribution in [0.3, 0.4) is 0 Å². The lowest BCUT2D eigenvalue weighted by Gasteiger charge is -2.18. The van der Waals surface area contributed by atoms with Crippen molar-refractivity contribution in [3.05, 3.63) is 39.3 Å². The molecule has 0 aliphatic carbocycles. The molecule has 0 saturated carbocycles. The summed E-state index contributed by atoms with van der Waals surface area (Å²) < 4.78 is 0.903. The van der Waals surface area contributed by atoms with E-state index in [0.717, 1.165) is 14.4 Å². The highest BCUT2D eigenvalue weighted by molar-refractivity contribution is 9.11. The minimum absolute atomic E-state index is 0.0306. The van der Waals surface area contributed by atoms with Crippen LogP contribution in [-0.2, 0) is 12.0 Å². The molecule has 4 heteroatoms. The van der Waals surface area contributed by atoms with Gasteiger partial charge in [-0.3, -0.25) is 0 Å².